The van der Waals surface area contributed by atoms with E-state index in [-0.39, 0.29) is 6.10 Å². The van der Waals surface area contributed by atoms with Gasteiger partial charge in [-0.1, -0.05) is 19.4 Å². The van der Waals surface area contributed by atoms with Gasteiger partial charge < -0.3 is 9.84 Å². The molecule has 1 N–H and O–H groups in total. The van der Waals surface area contributed by atoms with Crippen LogP contribution < -0.4 is 4.74 Å². The van der Waals surface area contributed by atoms with Crippen LogP contribution in [-0.2, 0) is 0 Å². The summed E-state index contributed by atoms with van der Waals surface area (Å²) in [6, 6.07) is 5.10. The summed E-state index contributed by atoms with van der Waals surface area (Å²) in [5.74, 6) is 0.424. The molecule has 0 heterocycles. The molecule has 2 unspecified atom stereocenters. The zero-order valence-electron chi connectivity index (χ0n) is 11.7. The maximum Gasteiger partial charge on any atom is 0.335 e. The first kappa shape index (κ1) is 13.9. The Bertz CT molecular complexity index is 453. The second kappa shape index (κ2) is 6.09. The zero-order chi connectivity index (χ0) is 13.8. The van der Waals surface area contributed by atoms with Gasteiger partial charge in [0, 0.05) is 0 Å². The fourth-order valence-corrected chi connectivity index (χ4v) is 2.82. The molecule has 3 nitrogen and oxygen atoms in total. The smallest absolute Gasteiger partial charge is 0.335 e. The van der Waals surface area contributed by atoms with E-state index < -0.39 is 5.97 Å². The number of carbonyl (C=O) groups is 1. The molecule has 19 heavy (non-hydrogen) atoms. The van der Waals surface area contributed by atoms with Gasteiger partial charge in [-0.05, 0) is 56.2 Å². The number of benzene rings is 1. The fourth-order valence-electron chi connectivity index (χ4n) is 2.82. The number of hydrogen-bond acceptors (Lipinski definition) is 2. The van der Waals surface area contributed by atoms with Crippen molar-refractivity contribution < 1.29 is 14.6 Å². The highest BCUT2D eigenvalue weighted by atomic mass is 16.5. The molecule has 1 fully saturated rings. The average Bonchev–Trinajstić information content (AvgIpc) is 2.41. The van der Waals surface area contributed by atoms with Gasteiger partial charge >= 0.3 is 5.97 Å². The molecule has 1 aromatic rings. The van der Waals surface area contributed by atoms with Crippen molar-refractivity contribution in [3.63, 3.8) is 0 Å². The largest absolute Gasteiger partial charge is 0.490 e. The normalized spacial score (nSPS) is 23.1. The van der Waals surface area contributed by atoms with Gasteiger partial charge in [-0.15, -0.1) is 0 Å². The first-order valence-electron chi connectivity index (χ1n) is 7.12. The van der Waals surface area contributed by atoms with Crippen LogP contribution in [0.4, 0.5) is 0 Å². The van der Waals surface area contributed by atoms with Crippen molar-refractivity contribution in [1.82, 2.24) is 0 Å². The predicted molar refractivity (Wildman–Crippen MR) is 74.8 cm³/mol. The molecule has 1 aromatic carbocycles. The highest BCUT2D eigenvalue weighted by molar-refractivity contribution is 5.88. The Morgan fingerprint density at radius 1 is 1.37 bits per heavy atom. The Morgan fingerprint density at radius 3 is 2.79 bits per heavy atom. The summed E-state index contributed by atoms with van der Waals surface area (Å²) in [7, 11) is 0. The predicted octanol–water partition coefficient (Wildman–Crippen LogP) is 4.04. The molecule has 0 spiro atoms. The summed E-state index contributed by atoms with van der Waals surface area (Å²) in [5, 5.41) is 9.05. The first-order valence-corrected chi connectivity index (χ1v) is 7.12. The van der Waals surface area contributed by atoms with Crippen LogP contribution in [0.3, 0.4) is 0 Å². The van der Waals surface area contributed by atoms with Gasteiger partial charge in [0.25, 0.3) is 0 Å². The summed E-state index contributed by atoms with van der Waals surface area (Å²) in [4.78, 5) is 11.0. The molecule has 0 aromatic heterocycles. The molecule has 104 valence electrons. The van der Waals surface area contributed by atoms with Crippen LogP contribution in [0, 0.1) is 12.8 Å². The van der Waals surface area contributed by atoms with E-state index >= 15 is 0 Å². The van der Waals surface area contributed by atoms with Crippen LogP contribution in [0.1, 0.15) is 54.9 Å². The molecular formula is C16H22O3. The van der Waals surface area contributed by atoms with Gasteiger partial charge in [-0.3, -0.25) is 0 Å². The average molecular weight is 262 g/mol. The van der Waals surface area contributed by atoms with E-state index in [1.54, 1.807) is 12.1 Å². The zero-order valence-corrected chi connectivity index (χ0v) is 11.7. The second-order valence-electron chi connectivity index (χ2n) is 5.39. The SMILES string of the molecule is CCC1CCCCC1Oc1cc(C(=O)O)ccc1C. The van der Waals surface area contributed by atoms with Crippen molar-refractivity contribution in [2.45, 2.75) is 52.1 Å². The van der Waals surface area contributed by atoms with E-state index in [2.05, 4.69) is 6.92 Å². The molecule has 3 heteroatoms. The molecular weight excluding hydrogens is 240 g/mol. The van der Waals surface area contributed by atoms with Crippen molar-refractivity contribution in [1.29, 1.82) is 0 Å². The minimum absolute atomic E-state index is 0.237. The quantitative estimate of drug-likeness (QED) is 0.890. The minimum atomic E-state index is -0.902. The van der Waals surface area contributed by atoms with Gasteiger partial charge in [-0.2, -0.15) is 0 Å². The highest BCUT2D eigenvalue weighted by Crippen LogP contribution is 2.32. The van der Waals surface area contributed by atoms with Crippen molar-refractivity contribution in [2.75, 3.05) is 0 Å². The number of hydrogen-bond donors (Lipinski definition) is 1. The highest BCUT2D eigenvalue weighted by Gasteiger charge is 2.25. The molecule has 0 radical (unpaired) electrons. The molecule has 2 atom stereocenters. The van der Waals surface area contributed by atoms with E-state index in [0.29, 0.717) is 11.5 Å². The van der Waals surface area contributed by atoms with Crippen LogP contribution in [-0.4, -0.2) is 17.2 Å². The summed E-state index contributed by atoms with van der Waals surface area (Å²) in [6.07, 6.45) is 6.16. The van der Waals surface area contributed by atoms with Gasteiger partial charge in [0.1, 0.15) is 11.9 Å². The number of ether oxygens (including phenoxy) is 1. The van der Waals surface area contributed by atoms with Crippen LogP contribution in [0.5, 0.6) is 5.75 Å². The maximum atomic E-state index is 11.0. The first-order chi connectivity index (χ1) is 9.11. The molecule has 0 saturated heterocycles. The number of carboxylic acid groups (broad SMARTS) is 1. The van der Waals surface area contributed by atoms with Gasteiger partial charge in [0.2, 0.25) is 0 Å². The number of aryl methyl sites for hydroxylation is 1. The monoisotopic (exact) mass is 262 g/mol. The number of aromatic carboxylic acids is 1. The Kier molecular flexibility index (Phi) is 4.46. The molecule has 0 amide bonds. The third kappa shape index (κ3) is 3.28. The summed E-state index contributed by atoms with van der Waals surface area (Å²) in [5.41, 5.74) is 1.30. The molecule has 2 rings (SSSR count). The lowest BCUT2D eigenvalue weighted by Gasteiger charge is -2.31. The van der Waals surface area contributed by atoms with E-state index in [1.165, 1.54) is 19.3 Å². The summed E-state index contributed by atoms with van der Waals surface area (Å²) in [6.45, 7) is 4.16. The van der Waals surface area contributed by atoms with Crippen LogP contribution in [0.2, 0.25) is 0 Å². The third-order valence-electron chi connectivity index (χ3n) is 4.08. The minimum Gasteiger partial charge on any atom is -0.490 e. The molecule has 1 aliphatic carbocycles. The van der Waals surface area contributed by atoms with Crippen molar-refractivity contribution >= 4 is 5.97 Å². The Morgan fingerprint density at radius 2 is 2.11 bits per heavy atom. The lowest BCUT2D eigenvalue weighted by molar-refractivity contribution is 0.0692. The third-order valence-corrected chi connectivity index (χ3v) is 4.08. The van der Waals surface area contributed by atoms with Gasteiger partial charge in [0.15, 0.2) is 0 Å². The van der Waals surface area contributed by atoms with E-state index in [1.807, 2.05) is 13.0 Å². The summed E-state index contributed by atoms with van der Waals surface area (Å²) < 4.78 is 6.12. The molecule has 0 bridgehead atoms. The van der Waals surface area contributed by atoms with Gasteiger partial charge in [0.05, 0.1) is 5.56 Å². The lowest BCUT2D eigenvalue weighted by Crippen LogP contribution is -2.30. The van der Waals surface area contributed by atoms with E-state index in [9.17, 15) is 4.79 Å². The standard InChI is InChI=1S/C16H22O3/c1-3-12-6-4-5-7-14(12)19-15-10-13(16(17)18)9-8-11(15)2/h8-10,12,14H,3-7H2,1-2H3,(H,17,18). The Balaban J connectivity index is 2.17. The molecule has 1 saturated carbocycles. The second-order valence-corrected chi connectivity index (χ2v) is 5.39. The number of rotatable bonds is 4. The topological polar surface area (TPSA) is 46.5 Å². The molecule has 0 aliphatic heterocycles. The van der Waals surface area contributed by atoms with Crippen LogP contribution in [0.15, 0.2) is 18.2 Å². The Hall–Kier alpha value is -1.51. The fraction of sp³-hybridized carbons (Fsp3) is 0.562. The van der Waals surface area contributed by atoms with Crippen LogP contribution in [0.25, 0.3) is 0 Å². The molecule has 1 aliphatic rings. The van der Waals surface area contributed by atoms with E-state index in [0.717, 1.165) is 24.2 Å². The maximum absolute atomic E-state index is 11.0. The van der Waals surface area contributed by atoms with Crippen molar-refractivity contribution in [3.8, 4) is 5.75 Å². The van der Waals surface area contributed by atoms with Gasteiger partial charge in [-0.25, -0.2) is 4.79 Å². The Labute approximate surface area is 114 Å². The lowest BCUT2D eigenvalue weighted by atomic mass is 9.84. The summed E-state index contributed by atoms with van der Waals surface area (Å²) >= 11 is 0. The van der Waals surface area contributed by atoms with Crippen molar-refractivity contribution in [2.24, 2.45) is 5.92 Å². The number of carboxylic acids is 1. The van der Waals surface area contributed by atoms with E-state index in [4.69, 9.17) is 9.84 Å². The van der Waals surface area contributed by atoms with Crippen LogP contribution >= 0.6 is 0 Å². The van der Waals surface area contributed by atoms with Crippen molar-refractivity contribution in [3.05, 3.63) is 29.3 Å².